The van der Waals surface area contributed by atoms with Crippen molar-refractivity contribution in [3.05, 3.63) is 35.4 Å². The van der Waals surface area contributed by atoms with E-state index < -0.39 is 28.3 Å². The summed E-state index contributed by atoms with van der Waals surface area (Å²) in [7, 11) is -3.13. The van der Waals surface area contributed by atoms with Crippen molar-refractivity contribution in [3.8, 4) is 0 Å². The Morgan fingerprint density at radius 1 is 1.00 bits per heavy atom. The quantitative estimate of drug-likeness (QED) is 0.698. The van der Waals surface area contributed by atoms with E-state index in [1.54, 1.807) is 4.90 Å². The molecule has 1 unspecified atom stereocenters. The molecule has 1 saturated heterocycles. The van der Waals surface area contributed by atoms with E-state index >= 15 is 0 Å². The van der Waals surface area contributed by atoms with Crippen LogP contribution in [0.4, 0.5) is 0 Å². The van der Waals surface area contributed by atoms with Gasteiger partial charge in [0.1, 0.15) is 0 Å². The highest BCUT2D eigenvalue weighted by Gasteiger charge is 2.39. The van der Waals surface area contributed by atoms with E-state index in [2.05, 4.69) is 0 Å². The number of nitrogens with zero attached hydrogens (tertiary/aromatic N) is 1. The highest BCUT2D eigenvalue weighted by Crippen LogP contribution is 2.29. The number of ether oxygens (including phenoxy) is 1. The Bertz CT molecular complexity index is 859. The fraction of sp³-hybridized carbons (Fsp3) is 0.526. The van der Waals surface area contributed by atoms with E-state index in [-0.39, 0.29) is 40.6 Å². The van der Waals surface area contributed by atoms with Gasteiger partial charge in [0.15, 0.2) is 16.4 Å². The summed E-state index contributed by atoms with van der Waals surface area (Å²) in [5.74, 6) is -1.60. The van der Waals surface area contributed by atoms with Gasteiger partial charge in [-0.3, -0.25) is 9.59 Å². The van der Waals surface area contributed by atoms with Gasteiger partial charge in [-0.2, -0.15) is 0 Å². The molecule has 9 heteroatoms. The molecule has 1 aromatic rings. The molecule has 1 aliphatic heterocycles. The topological polar surface area (TPSA) is 124 Å². The van der Waals surface area contributed by atoms with Gasteiger partial charge in [0.05, 0.1) is 17.1 Å². The van der Waals surface area contributed by atoms with Gasteiger partial charge in [-0.05, 0) is 43.5 Å². The van der Waals surface area contributed by atoms with Crippen molar-refractivity contribution in [1.82, 2.24) is 4.90 Å². The van der Waals surface area contributed by atoms with Crippen LogP contribution in [-0.2, 0) is 19.4 Å². The predicted molar refractivity (Wildman–Crippen MR) is 101 cm³/mol. The smallest absolute Gasteiger partial charge is 0.338 e. The average Bonchev–Trinajstić information content (AvgIpc) is 3.30. The Labute approximate surface area is 163 Å². The Balaban J connectivity index is 1.64. The molecule has 28 heavy (non-hydrogen) atoms. The first-order valence-corrected chi connectivity index (χ1v) is 11.2. The number of nitrogens with two attached hydrogens (primary N) is 1. The van der Waals surface area contributed by atoms with Crippen LogP contribution in [0.1, 0.15) is 52.8 Å². The SMILES string of the molecule is NC(=O)c1ccc(C(=O)OCC(=O)N(C2CCCC2)C2CCS(=O)(=O)C2)cc1. The van der Waals surface area contributed by atoms with E-state index in [0.717, 1.165) is 25.7 Å². The summed E-state index contributed by atoms with van der Waals surface area (Å²) < 4.78 is 28.9. The van der Waals surface area contributed by atoms with Crippen molar-refractivity contribution in [2.24, 2.45) is 5.73 Å². The minimum atomic E-state index is -3.13. The summed E-state index contributed by atoms with van der Waals surface area (Å²) >= 11 is 0. The van der Waals surface area contributed by atoms with Crippen LogP contribution in [0.15, 0.2) is 24.3 Å². The third-order valence-electron chi connectivity index (χ3n) is 5.34. The number of sulfone groups is 1. The molecule has 3 rings (SSSR count). The third-order valence-corrected chi connectivity index (χ3v) is 7.09. The van der Waals surface area contributed by atoms with Crippen LogP contribution in [0.25, 0.3) is 0 Å². The van der Waals surface area contributed by atoms with Gasteiger partial charge < -0.3 is 15.4 Å². The van der Waals surface area contributed by atoms with Crippen LogP contribution in [0.5, 0.6) is 0 Å². The standard InChI is InChI=1S/C19H24N2O6S/c20-18(23)13-5-7-14(8-6-13)19(24)27-11-17(22)21(15-3-1-2-4-15)16-9-10-28(25,26)12-16/h5-8,15-16H,1-4,9-12H2,(H2,20,23). The lowest BCUT2D eigenvalue weighted by Crippen LogP contribution is -2.48. The van der Waals surface area contributed by atoms with E-state index in [9.17, 15) is 22.8 Å². The fourth-order valence-electron chi connectivity index (χ4n) is 3.94. The molecule has 0 aromatic heterocycles. The number of primary amides is 1. The summed E-state index contributed by atoms with van der Waals surface area (Å²) in [5, 5.41) is 0. The lowest BCUT2D eigenvalue weighted by molar-refractivity contribution is -0.139. The molecule has 8 nitrogen and oxygen atoms in total. The highest BCUT2D eigenvalue weighted by molar-refractivity contribution is 7.91. The maximum atomic E-state index is 12.8. The van der Waals surface area contributed by atoms with Crippen molar-refractivity contribution in [1.29, 1.82) is 0 Å². The molecule has 0 bridgehead atoms. The van der Waals surface area contributed by atoms with Crippen molar-refractivity contribution >= 4 is 27.6 Å². The van der Waals surface area contributed by atoms with Gasteiger partial charge in [0, 0.05) is 17.6 Å². The maximum Gasteiger partial charge on any atom is 0.338 e. The third kappa shape index (κ3) is 4.70. The first-order chi connectivity index (χ1) is 13.3. The van der Waals surface area contributed by atoms with Crippen molar-refractivity contribution in [3.63, 3.8) is 0 Å². The van der Waals surface area contributed by atoms with Crippen molar-refractivity contribution in [2.45, 2.75) is 44.2 Å². The van der Waals surface area contributed by atoms with Crippen LogP contribution in [0.2, 0.25) is 0 Å². The second-order valence-electron chi connectivity index (χ2n) is 7.31. The molecular formula is C19H24N2O6S. The molecule has 2 aliphatic rings. The van der Waals surface area contributed by atoms with Gasteiger partial charge in [0.2, 0.25) is 5.91 Å². The van der Waals surface area contributed by atoms with Gasteiger partial charge >= 0.3 is 5.97 Å². The molecule has 152 valence electrons. The minimum Gasteiger partial charge on any atom is -0.452 e. The first kappa shape index (κ1) is 20.3. The number of benzene rings is 1. The molecule has 1 heterocycles. The van der Waals surface area contributed by atoms with Crippen LogP contribution in [-0.4, -0.2) is 61.3 Å². The monoisotopic (exact) mass is 408 g/mol. The first-order valence-electron chi connectivity index (χ1n) is 9.35. The molecule has 0 spiro atoms. The maximum absolute atomic E-state index is 12.8. The number of amides is 2. The molecule has 2 amide bonds. The zero-order chi connectivity index (χ0) is 20.3. The number of esters is 1. The summed E-state index contributed by atoms with van der Waals surface area (Å²) in [6.07, 6.45) is 4.10. The van der Waals surface area contributed by atoms with Crippen LogP contribution >= 0.6 is 0 Å². The molecule has 2 fully saturated rings. The van der Waals surface area contributed by atoms with Gasteiger partial charge in [-0.15, -0.1) is 0 Å². The zero-order valence-electron chi connectivity index (χ0n) is 15.5. The van der Waals surface area contributed by atoms with Gasteiger partial charge in [0.25, 0.3) is 5.91 Å². The van der Waals surface area contributed by atoms with Crippen molar-refractivity contribution < 1.29 is 27.5 Å². The largest absolute Gasteiger partial charge is 0.452 e. The second kappa shape index (κ2) is 8.30. The number of rotatable bonds is 6. The summed E-state index contributed by atoms with van der Waals surface area (Å²) in [6.45, 7) is -0.441. The molecule has 1 atom stereocenters. The summed E-state index contributed by atoms with van der Waals surface area (Å²) in [4.78, 5) is 37.7. The van der Waals surface area contributed by atoms with E-state index in [1.165, 1.54) is 24.3 Å². The van der Waals surface area contributed by atoms with Crippen LogP contribution < -0.4 is 5.73 Å². The number of carbonyl (C=O) groups is 3. The summed E-state index contributed by atoms with van der Waals surface area (Å²) in [6, 6.07) is 5.29. The highest BCUT2D eigenvalue weighted by atomic mass is 32.2. The Hall–Kier alpha value is -2.42. The predicted octanol–water partition coefficient (Wildman–Crippen LogP) is 0.901. The molecule has 0 radical (unpaired) electrons. The van der Waals surface area contributed by atoms with Gasteiger partial charge in [-0.1, -0.05) is 12.8 Å². The zero-order valence-corrected chi connectivity index (χ0v) is 16.3. The van der Waals surface area contributed by atoms with E-state index in [0.29, 0.717) is 6.42 Å². The minimum absolute atomic E-state index is 0.000600. The fourth-order valence-corrected chi connectivity index (χ4v) is 5.65. The molecular weight excluding hydrogens is 384 g/mol. The normalized spacial score (nSPS) is 21.4. The Morgan fingerprint density at radius 3 is 2.14 bits per heavy atom. The van der Waals surface area contributed by atoms with Crippen LogP contribution in [0, 0.1) is 0 Å². The summed E-state index contributed by atoms with van der Waals surface area (Å²) in [5.41, 5.74) is 5.63. The number of carbonyl (C=O) groups excluding carboxylic acids is 3. The molecule has 1 aliphatic carbocycles. The van der Waals surface area contributed by atoms with E-state index in [1.807, 2.05) is 0 Å². The lowest BCUT2D eigenvalue weighted by atomic mass is 10.1. The Kier molecular flexibility index (Phi) is 6.02. The molecule has 2 N–H and O–H groups in total. The van der Waals surface area contributed by atoms with Crippen LogP contribution in [0.3, 0.4) is 0 Å². The van der Waals surface area contributed by atoms with Gasteiger partial charge in [-0.25, -0.2) is 13.2 Å². The number of hydrogen-bond donors (Lipinski definition) is 1. The average molecular weight is 408 g/mol. The van der Waals surface area contributed by atoms with E-state index in [4.69, 9.17) is 10.5 Å². The molecule has 1 aromatic carbocycles. The van der Waals surface area contributed by atoms with Crippen molar-refractivity contribution in [2.75, 3.05) is 18.1 Å². The molecule has 1 saturated carbocycles. The second-order valence-corrected chi connectivity index (χ2v) is 9.54. The number of hydrogen-bond acceptors (Lipinski definition) is 6. The lowest BCUT2D eigenvalue weighted by Gasteiger charge is -2.33. The Morgan fingerprint density at radius 2 is 1.61 bits per heavy atom.